The van der Waals surface area contributed by atoms with Crippen LogP contribution in [0.4, 0.5) is 0 Å². The summed E-state index contributed by atoms with van der Waals surface area (Å²) >= 11 is 0. The highest BCUT2D eigenvalue weighted by molar-refractivity contribution is 5.22. The first-order chi connectivity index (χ1) is 6.15. The molecule has 0 atom stereocenters. The van der Waals surface area contributed by atoms with E-state index in [2.05, 4.69) is 24.2 Å². The number of nitrogens with zero attached hydrogens (tertiary/aromatic N) is 4. The summed E-state index contributed by atoms with van der Waals surface area (Å²) in [5.74, 6) is 0.647. The van der Waals surface area contributed by atoms with Gasteiger partial charge in [0.15, 0.2) is 5.69 Å². The molecule has 4 nitrogen and oxygen atoms in total. The van der Waals surface area contributed by atoms with Gasteiger partial charge in [0.25, 0.3) is 0 Å². The summed E-state index contributed by atoms with van der Waals surface area (Å²) in [6.45, 7) is 7.05. The van der Waals surface area contributed by atoms with Gasteiger partial charge in [-0.3, -0.25) is 0 Å². The molecule has 1 heterocycles. The van der Waals surface area contributed by atoms with Gasteiger partial charge in [-0.15, -0.1) is 5.10 Å². The van der Waals surface area contributed by atoms with Crippen LogP contribution in [-0.2, 0) is 6.54 Å². The van der Waals surface area contributed by atoms with Crippen LogP contribution in [-0.4, -0.2) is 15.0 Å². The highest BCUT2D eigenvalue weighted by atomic mass is 15.4. The Bertz CT molecular complexity index is 319. The first-order valence-electron chi connectivity index (χ1n) is 4.45. The van der Waals surface area contributed by atoms with E-state index in [9.17, 15) is 0 Å². The van der Waals surface area contributed by atoms with E-state index in [4.69, 9.17) is 5.26 Å². The standard InChI is InChI=1S/C9H14N4/c1-7(2)4-5-13-8(3)9(6-10)11-12-13/h7H,4-5H2,1-3H3. The lowest BCUT2D eigenvalue weighted by Gasteiger charge is -2.04. The molecule has 0 aliphatic heterocycles. The van der Waals surface area contributed by atoms with Gasteiger partial charge in [-0.25, -0.2) is 4.68 Å². The minimum Gasteiger partial charge on any atom is -0.248 e. The monoisotopic (exact) mass is 178 g/mol. The molecule has 0 aliphatic carbocycles. The van der Waals surface area contributed by atoms with Crippen LogP contribution in [0.25, 0.3) is 0 Å². The number of hydrogen-bond acceptors (Lipinski definition) is 3. The van der Waals surface area contributed by atoms with Crippen molar-refractivity contribution in [1.82, 2.24) is 15.0 Å². The molecule has 1 aromatic heterocycles. The van der Waals surface area contributed by atoms with Gasteiger partial charge in [0.1, 0.15) is 6.07 Å². The zero-order valence-corrected chi connectivity index (χ0v) is 8.28. The summed E-state index contributed by atoms with van der Waals surface area (Å²) in [5.41, 5.74) is 1.30. The van der Waals surface area contributed by atoms with Crippen molar-refractivity contribution in [2.45, 2.75) is 33.7 Å². The Balaban J connectivity index is 2.69. The van der Waals surface area contributed by atoms with Crippen molar-refractivity contribution >= 4 is 0 Å². The summed E-state index contributed by atoms with van der Waals surface area (Å²) in [6, 6.07) is 2.01. The largest absolute Gasteiger partial charge is 0.248 e. The quantitative estimate of drug-likeness (QED) is 0.704. The SMILES string of the molecule is Cc1c(C#N)nnn1CCC(C)C. The third-order valence-electron chi connectivity index (χ3n) is 2.01. The summed E-state index contributed by atoms with van der Waals surface area (Å²) in [7, 11) is 0. The van der Waals surface area contributed by atoms with Crippen LogP contribution in [0.3, 0.4) is 0 Å². The molecule has 0 saturated heterocycles. The third-order valence-corrected chi connectivity index (χ3v) is 2.01. The van der Waals surface area contributed by atoms with Gasteiger partial charge in [-0.1, -0.05) is 19.1 Å². The molecule has 4 heteroatoms. The van der Waals surface area contributed by atoms with Gasteiger partial charge in [0.05, 0.1) is 5.69 Å². The highest BCUT2D eigenvalue weighted by Crippen LogP contribution is 2.06. The summed E-state index contributed by atoms with van der Waals surface area (Å²) in [6.07, 6.45) is 1.06. The van der Waals surface area contributed by atoms with Crippen molar-refractivity contribution in [1.29, 1.82) is 5.26 Å². The predicted octanol–water partition coefficient (Wildman–Crippen LogP) is 1.50. The van der Waals surface area contributed by atoms with E-state index in [0.29, 0.717) is 11.6 Å². The fourth-order valence-electron chi connectivity index (χ4n) is 1.06. The van der Waals surface area contributed by atoms with Crippen LogP contribution in [0.1, 0.15) is 31.7 Å². The lowest BCUT2D eigenvalue weighted by Crippen LogP contribution is -2.05. The molecule has 0 saturated carbocycles. The van der Waals surface area contributed by atoms with E-state index in [1.165, 1.54) is 0 Å². The summed E-state index contributed by atoms with van der Waals surface area (Å²) in [4.78, 5) is 0. The average molecular weight is 178 g/mol. The zero-order valence-electron chi connectivity index (χ0n) is 8.28. The average Bonchev–Trinajstić information content (AvgIpc) is 2.43. The van der Waals surface area contributed by atoms with E-state index < -0.39 is 0 Å². The number of nitriles is 1. The molecule has 0 bridgehead atoms. The molecule has 70 valence electrons. The Morgan fingerprint density at radius 1 is 1.54 bits per heavy atom. The van der Waals surface area contributed by atoms with Gasteiger partial charge in [0.2, 0.25) is 0 Å². The minimum atomic E-state index is 0.434. The second kappa shape index (κ2) is 4.04. The molecule has 1 aromatic rings. The smallest absolute Gasteiger partial charge is 0.185 e. The van der Waals surface area contributed by atoms with Crippen molar-refractivity contribution in [2.75, 3.05) is 0 Å². The van der Waals surface area contributed by atoms with Crippen LogP contribution in [0.15, 0.2) is 0 Å². The van der Waals surface area contributed by atoms with E-state index in [1.54, 1.807) is 4.68 Å². The zero-order chi connectivity index (χ0) is 9.84. The Morgan fingerprint density at radius 2 is 2.23 bits per heavy atom. The molecule has 1 rings (SSSR count). The molecule has 0 amide bonds. The minimum absolute atomic E-state index is 0.434. The number of aryl methyl sites for hydroxylation is 1. The number of rotatable bonds is 3. The van der Waals surface area contributed by atoms with Gasteiger partial charge < -0.3 is 0 Å². The van der Waals surface area contributed by atoms with Crippen molar-refractivity contribution in [2.24, 2.45) is 5.92 Å². The Hall–Kier alpha value is -1.37. The fraction of sp³-hybridized carbons (Fsp3) is 0.667. The van der Waals surface area contributed by atoms with Gasteiger partial charge in [-0.2, -0.15) is 5.26 Å². The molecule has 0 aliphatic rings. The van der Waals surface area contributed by atoms with Crippen molar-refractivity contribution in [3.05, 3.63) is 11.4 Å². The normalized spacial score (nSPS) is 10.4. The lowest BCUT2D eigenvalue weighted by atomic mass is 10.1. The maximum Gasteiger partial charge on any atom is 0.185 e. The molecule has 0 fully saturated rings. The summed E-state index contributed by atoms with van der Waals surface area (Å²) < 4.78 is 1.79. The number of aromatic nitrogens is 3. The molecule has 0 N–H and O–H groups in total. The maximum absolute atomic E-state index is 8.64. The number of hydrogen-bond donors (Lipinski definition) is 0. The van der Waals surface area contributed by atoms with E-state index in [-0.39, 0.29) is 0 Å². The van der Waals surface area contributed by atoms with E-state index >= 15 is 0 Å². The third kappa shape index (κ3) is 2.28. The van der Waals surface area contributed by atoms with Crippen molar-refractivity contribution in [3.8, 4) is 6.07 Å². The Morgan fingerprint density at radius 3 is 2.69 bits per heavy atom. The van der Waals surface area contributed by atoms with Crippen LogP contribution >= 0.6 is 0 Å². The topological polar surface area (TPSA) is 54.5 Å². The van der Waals surface area contributed by atoms with Crippen molar-refractivity contribution < 1.29 is 0 Å². The van der Waals surface area contributed by atoms with Gasteiger partial charge >= 0.3 is 0 Å². The van der Waals surface area contributed by atoms with Crippen LogP contribution in [0, 0.1) is 24.2 Å². The Kier molecular flexibility index (Phi) is 3.02. The highest BCUT2D eigenvalue weighted by Gasteiger charge is 2.07. The fourth-order valence-corrected chi connectivity index (χ4v) is 1.06. The predicted molar refractivity (Wildman–Crippen MR) is 48.9 cm³/mol. The molecule has 0 aromatic carbocycles. The molecule has 0 radical (unpaired) electrons. The van der Waals surface area contributed by atoms with Gasteiger partial charge in [0, 0.05) is 6.54 Å². The second-order valence-electron chi connectivity index (χ2n) is 3.54. The molecular weight excluding hydrogens is 164 g/mol. The van der Waals surface area contributed by atoms with Gasteiger partial charge in [-0.05, 0) is 19.3 Å². The lowest BCUT2D eigenvalue weighted by molar-refractivity contribution is 0.472. The van der Waals surface area contributed by atoms with Crippen molar-refractivity contribution in [3.63, 3.8) is 0 Å². The molecule has 13 heavy (non-hydrogen) atoms. The molecule has 0 unspecified atom stereocenters. The first-order valence-corrected chi connectivity index (χ1v) is 4.45. The molecular formula is C9H14N4. The summed E-state index contributed by atoms with van der Waals surface area (Å²) in [5, 5.41) is 16.3. The molecule has 0 spiro atoms. The maximum atomic E-state index is 8.64. The first kappa shape index (κ1) is 9.72. The van der Waals surface area contributed by atoms with E-state index in [1.807, 2.05) is 13.0 Å². The van der Waals surface area contributed by atoms with Crippen LogP contribution in [0.2, 0.25) is 0 Å². The van der Waals surface area contributed by atoms with E-state index in [0.717, 1.165) is 18.7 Å². The Labute approximate surface area is 78.2 Å². The second-order valence-corrected chi connectivity index (χ2v) is 3.54. The van der Waals surface area contributed by atoms with Crippen LogP contribution < -0.4 is 0 Å². The van der Waals surface area contributed by atoms with Crippen LogP contribution in [0.5, 0.6) is 0 Å².